The Morgan fingerprint density at radius 3 is 1.36 bits per heavy atom. The number of hydrogen-bond donors (Lipinski definition) is 0. The van der Waals surface area contributed by atoms with Gasteiger partial charge in [0.25, 0.3) is 0 Å². The molecule has 0 saturated carbocycles. The Hall–Kier alpha value is -8.67. The zero-order valence-corrected chi connectivity index (χ0v) is 34.8. The third-order valence-corrected chi connectivity index (χ3v) is 12.2. The maximum atomic E-state index is 5.18. The third-order valence-electron chi connectivity index (χ3n) is 12.2. The van der Waals surface area contributed by atoms with Crippen molar-refractivity contribution >= 4 is 60.4 Å². The highest BCUT2D eigenvalue weighted by Gasteiger charge is 2.18. The van der Waals surface area contributed by atoms with Crippen LogP contribution in [-0.2, 0) is 0 Å². The topological polar surface area (TPSA) is 46.8 Å². The summed E-state index contributed by atoms with van der Waals surface area (Å²) in [7, 11) is 0. The van der Waals surface area contributed by atoms with E-state index in [1.54, 1.807) is 0 Å². The quantitative estimate of drug-likeness (QED) is 0.153. The highest BCUT2D eigenvalue weighted by molar-refractivity contribution is 6.10. The van der Waals surface area contributed by atoms with E-state index in [9.17, 15) is 0 Å². The van der Waals surface area contributed by atoms with Gasteiger partial charge in [-0.1, -0.05) is 158 Å². The lowest BCUT2D eigenvalue weighted by atomic mass is 10.0. The van der Waals surface area contributed by atoms with Gasteiger partial charge in [0.15, 0.2) is 17.5 Å². The van der Waals surface area contributed by atoms with Gasteiger partial charge in [0.1, 0.15) is 0 Å². The molecule has 0 aliphatic carbocycles. The molecule has 0 radical (unpaired) electrons. The Labute approximate surface area is 370 Å². The van der Waals surface area contributed by atoms with Crippen molar-refractivity contribution in [3.63, 3.8) is 0 Å². The summed E-state index contributed by atoms with van der Waals surface area (Å²) in [6.45, 7) is 0. The Morgan fingerprint density at radius 2 is 0.750 bits per heavy atom. The molecule has 64 heavy (non-hydrogen) atoms. The lowest BCUT2D eigenvalue weighted by molar-refractivity contribution is 1.07. The second-order valence-electron chi connectivity index (χ2n) is 16.1. The van der Waals surface area contributed by atoms with Crippen LogP contribution in [0.2, 0.25) is 0 Å². The fourth-order valence-electron chi connectivity index (χ4n) is 9.04. The van der Waals surface area contributed by atoms with Crippen molar-refractivity contribution in [3.8, 4) is 51.0 Å². The maximum absolute atomic E-state index is 5.18. The van der Waals surface area contributed by atoms with Crippen LogP contribution in [0.5, 0.6) is 0 Å². The number of hydrogen-bond acceptors (Lipinski definition) is 4. The first-order chi connectivity index (χ1) is 31.7. The summed E-state index contributed by atoms with van der Waals surface area (Å²) in [5.74, 6) is 1.89. The minimum absolute atomic E-state index is 0.618. The molecule has 0 saturated heterocycles. The molecule has 10 aromatic carbocycles. The predicted octanol–water partition coefficient (Wildman–Crippen LogP) is 15.4. The highest BCUT2D eigenvalue weighted by atomic mass is 15.1. The molecule has 2 aromatic heterocycles. The van der Waals surface area contributed by atoms with Gasteiger partial charge < -0.3 is 9.47 Å². The molecule has 0 bridgehead atoms. The van der Waals surface area contributed by atoms with Crippen LogP contribution in [-0.4, -0.2) is 19.5 Å². The minimum atomic E-state index is 0.618. The van der Waals surface area contributed by atoms with Gasteiger partial charge in [-0.05, 0) is 112 Å². The average Bonchev–Trinajstić information content (AvgIpc) is 3.70. The summed E-state index contributed by atoms with van der Waals surface area (Å²) in [6, 6.07) is 83.6. The van der Waals surface area contributed by atoms with Crippen molar-refractivity contribution in [3.05, 3.63) is 237 Å². The molecular formula is C59H39N5. The first-order valence-corrected chi connectivity index (χ1v) is 21.6. The fourth-order valence-corrected chi connectivity index (χ4v) is 9.04. The first kappa shape index (κ1) is 37.1. The summed E-state index contributed by atoms with van der Waals surface area (Å²) in [4.78, 5) is 17.8. The SMILES string of the molecule is c1ccc(N(c2ccccc2)c2ccc(-c3ccc4c(c3)c3ccccc3n4-c3cccc(-c4nc(-c5ccc6ccccc6c5)nc(-c5ccc6ccccc6c5)n4)c3)cc2)cc1. The molecule has 0 spiro atoms. The van der Waals surface area contributed by atoms with Crippen LogP contribution in [0.3, 0.4) is 0 Å². The molecule has 2 heterocycles. The molecule has 0 fully saturated rings. The number of rotatable bonds is 8. The van der Waals surface area contributed by atoms with Crippen LogP contribution >= 0.6 is 0 Å². The summed E-state index contributed by atoms with van der Waals surface area (Å²) in [6.07, 6.45) is 0. The molecule has 0 amide bonds. The monoisotopic (exact) mass is 817 g/mol. The Balaban J connectivity index is 0.950. The van der Waals surface area contributed by atoms with Crippen LogP contribution in [0.1, 0.15) is 0 Å². The van der Waals surface area contributed by atoms with E-state index in [1.165, 1.54) is 21.5 Å². The van der Waals surface area contributed by atoms with Gasteiger partial charge in [-0.25, -0.2) is 15.0 Å². The van der Waals surface area contributed by atoms with E-state index in [-0.39, 0.29) is 0 Å². The lowest BCUT2D eigenvalue weighted by Gasteiger charge is -2.25. The van der Waals surface area contributed by atoms with Gasteiger partial charge in [0.2, 0.25) is 0 Å². The van der Waals surface area contributed by atoms with Gasteiger partial charge in [0, 0.05) is 50.2 Å². The van der Waals surface area contributed by atoms with Gasteiger partial charge in [-0.3, -0.25) is 0 Å². The number of benzene rings is 10. The van der Waals surface area contributed by atoms with E-state index in [4.69, 9.17) is 15.0 Å². The number of fused-ring (bicyclic) bond motifs is 5. The van der Waals surface area contributed by atoms with Crippen molar-refractivity contribution in [2.75, 3.05) is 4.90 Å². The van der Waals surface area contributed by atoms with E-state index >= 15 is 0 Å². The van der Waals surface area contributed by atoms with Crippen molar-refractivity contribution in [2.24, 2.45) is 0 Å². The highest BCUT2D eigenvalue weighted by Crippen LogP contribution is 2.39. The molecule has 12 aromatic rings. The third kappa shape index (κ3) is 6.73. The van der Waals surface area contributed by atoms with Gasteiger partial charge in [0.05, 0.1) is 11.0 Å². The van der Waals surface area contributed by atoms with Crippen molar-refractivity contribution in [2.45, 2.75) is 0 Å². The van der Waals surface area contributed by atoms with Gasteiger partial charge in [-0.15, -0.1) is 0 Å². The number of nitrogens with zero attached hydrogens (tertiary/aromatic N) is 5. The molecular weight excluding hydrogens is 779 g/mol. The molecule has 5 heteroatoms. The molecule has 5 nitrogen and oxygen atoms in total. The molecule has 0 aliphatic rings. The summed E-state index contributed by atoms with van der Waals surface area (Å²) >= 11 is 0. The fraction of sp³-hybridized carbons (Fsp3) is 0. The summed E-state index contributed by atoms with van der Waals surface area (Å²) in [5.41, 5.74) is 11.7. The average molecular weight is 818 g/mol. The van der Waals surface area contributed by atoms with Crippen LogP contribution < -0.4 is 4.90 Å². The molecule has 0 aliphatic heterocycles. The normalized spacial score (nSPS) is 11.4. The maximum Gasteiger partial charge on any atom is 0.164 e. The predicted molar refractivity (Wildman–Crippen MR) is 266 cm³/mol. The van der Waals surface area contributed by atoms with E-state index in [0.29, 0.717) is 17.5 Å². The zero-order valence-electron chi connectivity index (χ0n) is 34.8. The zero-order chi connectivity index (χ0) is 42.4. The van der Waals surface area contributed by atoms with Crippen LogP contribution in [0.4, 0.5) is 17.1 Å². The van der Waals surface area contributed by atoms with Gasteiger partial charge in [-0.2, -0.15) is 0 Å². The van der Waals surface area contributed by atoms with Gasteiger partial charge >= 0.3 is 0 Å². The second-order valence-corrected chi connectivity index (χ2v) is 16.1. The number of para-hydroxylation sites is 3. The van der Waals surface area contributed by atoms with Crippen LogP contribution in [0, 0.1) is 0 Å². The first-order valence-electron chi connectivity index (χ1n) is 21.6. The Kier molecular flexibility index (Phi) is 9.08. The standard InChI is InChI=1S/C59H39N5/c1-3-19-49(20-4-1)63(50-21-5-2-6-22-50)51-33-30-42(31-34-51)45-32-35-56-54(39-45)53-24-11-12-25-55(53)64(56)52-23-13-18-46(38-52)57-60-58(47-28-26-40-14-7-9-16-43(40)36-47)62-59(61-57)48-29-27-41-15-8-10-17-44(41)37-48/h1-39H. The van der Waals surface area contributed by atoms with Crippen LogP contribution in [0.25, 0.3) is 94.3 Å². The largest absolute Gasteiger partial charge is 0.311 e. The smallest absolute Gasteiger partial charge is 0.164 e. The van der Waals surface area contributed by atoms with Crippen LogP contribution in [0.15, 0.2) is 237 Å². The Morgan fingerprint density at radius 1 is 0.281 bits per heavy atom. The molecule has 0 unspecified atom stereocenters. The number of anilines is 3. The molecule has 0 atom stereocenters. The number of aromatic nitrogens is 4. The molecule has 300 valence electrons. The van der Waals surface area contributed by atoms with Crippen molar-refractivity contribution < 1.29 is 0 Å². The molecule has 12 rings (SSSR count). The molecule has 0 N–H and O–H groups in total. The van der Waals surface area contributed by atoms with E-state index < -0.39 is 0 Å². The second kappa shape index (κ2) is 15.7. The summed E-state index contributed by atoms with van der Waals surface area (Å²) < 4.78 is 2.36. The minimum Gasteiger partial charge on any atom is -0.311 e. The lowest BCUT2D eigenvalue weighted by Crippen LogP contribution is -2.09. The van der Waals surface area contributed by atoms with E-state index in [1.807, 2.05) is 0 Å². The van der Waals surface area contributed by atoms with E-state index in [0.717, 1.165) is 72.4 Å². The summed E-state index contributed by atoms with van der Waals surface area (Å²) in [5, 5.41) is 7.01. The van der Waals surface area contributed by atoms with Crippen molar-refractivity contribution in [1.82, 2.24) is 19.5 Å². The van der Waals surface area contributed by atoms with E-state index in [2.05, 4.69) is 246 Å². The van der Waals surface area contributed by atoms with Crippen molar-refractivity contribution in [1.29, 1.82) is 0 Å². The Bertz CT molecular complexity index is 3530.